The smallest absolute Gasteiger partial charge is 0.227 e. The first-order valence-corrected chi connectivity index (χ1v) is 11.9. The molecule has 29 heavy (non-hydrogen) atoms. The molecule has 1 aromatic rings. The molecule has 2 aliphatic heterocycles. The Labute approximate surface area is 173 Å². The number of hydrogen-bond acceptors (Lipinski definition) is 7. The van der Waals surface area contributed by atoms with E-state index in [2.05, 4.69) is 14.9 Å². The number of piperazine rings is 1. The molecule has 1 aromatic heterocycles. The Morgan fingerprint density at radius 3 is 2.52 bits per heavy atom. The van der Waals surface area contributed by atoms with Gasteiger partial charge in [0.15, 0.2) is 0 Å². The number of sulfonamides is 1. The second-order valence-electron chi connectivity index (χ2n) is 7.79. The monoisotopic (exact) mass is 425 g/mol. The van der Waals surface area contributed by atoms with E-state index in [4.69, 9.17) is 4.74 Å². The van der Waals surface area contributed by atoms with Gasteiger partial charge in [-0.2, -0.15) is 4.31 Å². The van der Waals surface area contributed by atoms with Gasteiger partial charge in [0.2, 0.25) is 21.9 Å². The predicted molar refractivity (Wildman–Crippen MR) is 110 cm³/mol. The van der Waals surface area contributed by atoms with E-state index < -0.39 is 10.0 Å². The number of carbonyl (C=O) groups excluding carboxylic acids is 1. The summed E-state index contributed by atoms with van der Waals surface area (Å²) in [7, 11) is -3.35. The molecule has 0 unspecified atom stereocenters. The van der Waals surface area contributed by atoms with Gasteiger partial charge in [-0.1, -0.05) is 0 Å². The first kappa shape index (κ1) is 21.9. The molecule has 162 valence electrons. The third-order valence-corrected chi connectivity index (χ3v) is 7.18. The maximum Gasteiger partial charge on any atom is 0.227 e. The van der Waals surface area contributed by atoms with Crippen LogP contribution in [0.4, 0.5) is 5.95 Å². The topological polar surface area (TPSA) is 95.9 Å². The van der Waals surface area contributed by atoms with Crippen LogP contribution in [0.2, 0.25) is 0 Å². The van der Waals surface area contributed by atoms with Gasteiger partial charge in [-0.05, 0) is 32.8 Å². The molecule has 0 bridgehead atoms. The number of rotatable bonds is 7. The van der Waals surface area contributed by atoms with Crippen molar-refractivity contribution in [1.29, 1.82) is 0 Å². The highest BCUT2D eigenvalue weighted by Gasteiger charge is 2.34. The quantitative estimate of drug-likeness (QED) is 0.631. The summed E-state index contributed by atoms with van der Waals surface area (Å²) >= 11 is 0. The highest BCUT2D eigenvalue weighted by molar-refractivity contribution is 7.89. The molecule has 0 radical (unpaired) electrons. The molecule has 2 aliphatic rings. The van der Waals surface area contributed by atoms with Crippen LogP contribution in [-0.2, 0) is 19.6 Å². The molecule has 1 amide bonds. The van der Waals surface area contributed by atoms with E-state index in [1.807, 2.05) is 13.8 Å². The molecule has 3 rings (SSSR count). The van der Waals surface area contributed by atoms with Gasteiger partial charge in [-0.15, -0.1) is 0 Å². The SMILES string of the molecule is CC(C)OCCS(=O)(=O)N1CCN(C(=O)[C@H]2CCCN(c3ncccn3)C2)CC1. The summed E-state index contributed by atoms with van der Waals surface area (Å²) in [6.45, 7) is 6.95. The Bertz CT molecular complexity index is 766. The molecule has 0 saturated carbocycles. The molecule has 0 spiro atoms. The number of aromatic nitrogens is 2. The Morgan fingerprint density at radius 1 is 1.17 bits per heavy atom. The van der Waals surface area contributed by atoms with Crippen LogP contribution in [0.15, 0.2) is 18.5 Å². The van der Waals surface area contributed by atoms with Crippen molar-refractivity contribution >= 4 is 21.9 Å². The lowest BCUT2D eigenvalue weighted by Crippen LogP contribution is -2.54. The van der Waals surface area contributed by atoms with Crippen LogP contribution in [-0.4, -0.2) is 91.2 Å². The molecule has 10 heteroatoms. The van der Waals surface area contributed by atoms with Crippen molar-refractivity contribution in [2.75, 3.05) is 56.5 Å². The molecule has 0 aliphatic carbocycles. The maximum atomic E-state index is 13.0. The van der Waals surface area contributed by atoms with Crippen molar-refractivity contribution < 1.29 is 17.9 Å². The fourth-order valence-corrected chi connectivity index (χ4v) is 5.06. The zero-order valence-electron chi connectivity index (χ0n) is 17.2. The standard InChI is InChI=1S/C19H31N5O4S/c1-16(2)28-13-14-29(26,27)24-11-9-22(10-12-24)18(25)17-5-3-8-23(15-17)19-20-6-4-7-21-19/h4,6-7,16-17H,3,5,8-15H2,1-2H3/t17-/m0/s1. The van der Waals surface area contributed by atoms with E-state index in [1.165, 1.54) is 4.31 Å². The maximum absolute atomic E-state index is 13.0. The summed E-state index contributed by atoms with van der Waals surface area (Å²) < 4.78 is 31.8. The first-order valence-electron chi connectivity index (χ1n) is 10.3. The van der Waals surface area contributed by atoms with Crippen molar-refractivity contribution in [2.45, 2.75) is 32.8 Å². The van der Waals surface area contributed by atoms with Gasteiger partial charge in [0.1, 0.15) is 0 Å². The minimum absolute atomic E-state index is 0.0102. The van der Waals surface area contributed by atoms with Crippen LogP contribution in [0.5, 0.6) is 0 Å². The Balaban J connectivity index is 1.50. The molecule has 2 saturated heterocycles. The number of carbonyl (C=O) groups is 1. The predicted octanol–water partition coefficient (Wildman–Crippen LogP) is 0.592. The van der Waals surface area contributed by atoms with Crippen molar-refractivity contribution in [2.24, 2.45) is 5.92 Å². The highest BCUT2D eigenvalue weighted by atomic mass is 32.2. The zero-order chi connectivity index (χ0) is 20.9. The van der Waals surface area contributed by atoms with Crippen molar-refractivity contribution in [3.05, 3.63) is 18.5 Å². The molecule has 3 heterocycles. The number of ether oxygens (including phenoxy) is 1. The summed E-state index contributed by atoms with van der Waals surface area (Å²) in [5, 5.41) is 0. The minimum Gasteiger partial charge on any atom is -0.378 e. The number of hydrogen-bond donors (Lipinski definition) is 0. The lowest BCUT2D eigenvalue weighted by Gasteiger charge is -2.38. The molecule has 9 nitrogen and oxygen atoms in total. The Kier molecular flexibility index (Phi) is 7.42. The van der Waals surface area contributed by atoms with Crippen molar-refractivity contribution in [1.82, 2.24) is 19.2 Å². The Hall–Kier alpha value is -1.78. The van der Waals surface area contributed by atoms with Crippen LogP contribution in [0, 0.1) is 5.92 Å². The number of piperidine rings is 1. The van der Waals surface area contributed by atoms with Gasteiger partial charge >= 0.3 is 0 Å². The third kappa shape index (κ3) is 5.86. The van der Waals surface area contributed by atoms with E-state index in [0.717, 1.165) is 19.4 Å². The molecule has 0 aromatic carbocycles. The molecule has 1 atom stereocenters. The zero-order valence-corrected chi connectivity index (χ0v) is 18.1. The van der Waals surface area contributed by atoms with Gasteiger partial charge in [0.05, 0.1) is 24.4 Å². The fourth-order valence-electron chi connectivity index (χ4n) is 3.78. The normalized spacial score (nSPS) is 21.6. The molecule has 0 N–H and O–H groups in total. The van der Waals surface area contributed by atoms with Crippen LogP contribution in [0.1, 0.15) is 26.7 Å². The van der Waals surface area contributed by atoms with Gasteiger partial charge in [0, 0.05) is 51.7 Å². The summed E-state index contributed by atoms with van der Waals surface area (Å²) in [6, 6.07) is 1.78. The molecular formula is C19H31N5O4S. The van der Waals surface area contributed by atoms with Crippen LogP contribution >= 0.6 is 0 Å². The van der Waals surface area contributed by atoms with E-state index in [1.54, 1.807) is 23.4 Å². The van der Waals surface area contributed by atoms with E-state index >= 15 is 0 Å². The minimum atomic E-state index is -3.35. The van der Waals surface area contributed by atoms with Gasteiger partial charge in [0.25, 0.3) is 0 Å². The summed E-state index contributed by atoms with van der Waals surface area (Å²) in [4.78, 5) is 25.4. The Morgan fingerprint density at radius 2 is 1.86 bits per heavy atom. The van der Waals surface area contributed by atoms with E-state index in [9.17, 15) is 13.2 Å². The van der Waals surface area contributed by atoms with Crippen LogP contribution < -0.4 is 4.90 Å². The number of nitrogens with zero attached hydrogens (tertiary/aromatic N) is 5. The highest BCUT2D eigenvalue weighted by Crippen LogP contribution is 2.22. The van der Waals surface area contributed by atoms with Gasteiger partial charge in [-0.25, -0.2) is 18.4 Å². The second-order valence-corrected chi connectivity index (χ2v) is 9.88. The average molecular weight is 426 g/mol. The third-order valence-electron chi connectivity index (χ3n) is 5.34. The van der Waals surface area contributed by atoms with Crippen molar-refractivity contribution in [3.8, 4) is 0 Å². The first-order chi connectivity index (χ1) is 13.9. The summed E-state index contributed by atoms with van der Waals surface area (Å²) in [5.74, 6) is 0.638. The lowest BCUT2D eigenvalue weighted by molar-refractivity contribution is -0.137. The van der Waals surface area contributed by atoms with E-state index in [0.29, 0.717) is 38.7 Å². The fraction of sp³-hybridized carbons (Fsp3) is 0.737. The molecular weight excluding hydrogens is 394 g/mol. The average Bonchev–Trinajstić information content (AvgIpc) is 2.73. The molecule has 2 fully saturated rings. The largest absolute Gasteiger partial charge is 0.378 e. The number of amides is 1. The van der Waals surface area contributed by atoms with Crippen LogP contribution in [0.3, 0.4) is 0 Å². The van der Waals surface area contributed by atoms with Crippen LogP contribution in [0.25, 0.3) is 0 Å². The van der Waals surface area contributed by atoms with Crippen molar-refractivity contribution in [3.63, 3.8) is 0 Å². The summed E-state index contributed by atoms with van der Waals surface area (Å²) in [5.41, 5.74) is 0. The summed E-state index contributed by atoms with van der Waals surface area (Å²) in [6.07, 6.45) is 5.18. The second kappa shape index (κ2) is 9.82. The van der Waals surface area contributed by atoms with Gasteiger partial charge < -0.3 is 14.5 Å². The van der Waals surface area contributed by atoms with E-state index in [-0.39, 0.29) is 30.3 Å². The lowest BCUT2D eigenvalue weighted by atomic mass is 9.96. The number of anilines is 1. The van der Waals surface area contributed by atoms with Gasteiger partial charge in [-0.3, -0.25) is 4.79 Å².